The van der Waals surface area contributed by atoms with Crippen molar-refractivity contribution in [3.05, 3.63) is 89.8 Å². The highest BCUT2D eigenvalue weighted by Gasteiger charge is 2.49. The normalized spacial score (nSPS) is 21.3. The van der Waals surface area contributed by atoms with Crippen molar-refractivity contribution in [3.63, 3.8) is 0 Å². The molecule has 3 N–H and O–H groups in total. The molecule has 0 radical (unpaired) electrons. The second-order valence-electron chi connectivity index (χ2n) is 12.3. The molecule has 3 aromatic heterocycles. The molecule has 256 valence electrons. The first-order valence-corrected chi connectivity index (χ1v) is 16.9. The lowest BCUT2D eigenvalue weighted by molar-refractivity contribution is -0.142. The minimum Gasteiger partial charge on any atom is -0.457 e. The third-order valence-electron chi connectivity index (χ3n) is 9.20. The number of nitrogens with zero attached hydrogens (tertiary/aromatic N) is 7. The maximum Gasteiger partial charge on any atom is 0.293 e. The molecule has 2 aromatic carbocycles. The fourth-order valence-electron chi connectivity index (χ4n) is 6.64. The summed E-state index contributed by atoms with van der Waals surface area (Å²) >= 11 is 0. The van der Waals surface area contributed by atoms with Crippen LogP contribution in [0.25, 0.3) is 11.2 Å². The molecule has 2 aliphatic rings. The van der Waals surface area contributed by atoms with Crippen molar-refractivity contribution in [1.29, 1.82) is 0 Å². The van der Waals surface area contributed by atoms with Gasteiger partial charge in [0, 0.05) is 32.0 Å². The quantitative estimate of drug-likeness (QED) is 0.145. The van der Waals surface area contributed by atoms with Gasteiger partial charge in [-0.1, -0.05) is 79.2 Å². The minimum absolute atomic E-state index is 0.0347. The van der Waals surface area contributed by atoms with Gasteiger partial charge in [-0.3, -0.25) is 9.36 Å². The summed E-state index contributed by atoms with van der Waals surface area (Å²) in [4.78, 5) is 32.8. The molecule has 2 saturated heterocycles. The van der Waals surface area contributed by atoms with Crippen LogP contribution in [-0.2, 0) is 20.7 Å². The van der Waals surface area contributed by atoms with E-state index in [1.807, 2.05) is 43.3 Å². The van der Waals surface area contributed by atoms with Gasteiger partial charge < -0.3 is 34.6 Å². The van der Waals surface area contributed by atoms with Crippen molar-refractivity contribution in [2.75, 3.05) is 43.4 Å². The number of anilines is 2. The Bertz CT molecular complexity index is 1770. The lowest BCUT2D eigenvalue weighted by Gasteiger charge is -2.26. The van der Waals surface area contributed by atoms with Gasteiger partial charge in [-0.2, -0.15) is 15.0 Å². The Balaban J connectivity index is 1.22. The van der Waals surface area contributed by atoms with Crippen molar-refractivity contribution >= 4 is 29.4 Å². The number of piperidine rings is 1. The predicted molar refractivity (Wildman–Crippen MR) is 181 cm³/mol. The molecular weight excluding hydrogens is 626 g/mol. The van der Waals surface area contributed by atoms with Crippen molar-refractivity contribution in [3.8, 4) is 0 Å². The standard InChI is InChI=1S/C35H41N9O5/c1-2-26-39-32(42-49-26)29-28(46)30(47-22-45)34(48-29)44-21-38-27-31(40-35(41-33(27)44)36-16-19-43-17-10-5-11-18-43)37-20-25(23-12-6-3-7-13-23)24-14-8-4-9-15-24/h3-4,6-9,12-15,21-22,25,28-30,34,46H,2,5,10-11,16-20H2,1H3,(H2,36,37,40,41)/t28-,29+,30-,34-/m1/s1. The molecule has 49 heavy (non-hydrogen) atoms. The van der Waals surface area contributed by atoms with E-state index in [0.29, 0.717) is 54.8 Å². The molecule has 2 aliphatic heterocycles. The molecule has 0 unspecified atom stereocenters. The number of hydrogen-bond acceptors (Lipinski definition) is 13. The number of likely N-dealkylation sites (tertiary alicyclic amines) is 1. The first kappa shape index (κ1) is 32.6. The van der Waals surface area contributed by atoms with Gasteiger partial charge in [0.15, 0.2) is 35.4 Å². The van der Waals surface area contributed by atoms with Gasteiger partial charge in [0.05, 0.1) is 6.33 Å². The van der Waals surface area contributed by atoms with E-state index >= 15 is 0 Å². The summed E-state index contributed by atoms with van der Waals surface area (Å²) in [6, 6.07) is 20.7. The summed E-state index contributed by atoms with van der Waals surface area (Å²) < 4.78 is 18.6. The summed E-state index contributed by atoms with van der Waals surface area (Å²) in [5.41, 5.74) is 3.27. The van der Waals surface area contributed by atoms with E-state index in [1.54, 1.807) is 10.9 Å². The SMILES string of the molecule is CCc1nc([C@H]2O[C@@H](n3cnc4c(NCC(c5ccccc5)c5ccccc5)nc(NCCN5CCCCC5)nc43)[C@H](OC=O)[C@@H]2O)no1. The molecule has 2 fully saturated rings. The lowest BCUT2D eigenvalue weighted by Crippen LogP contribution is -2.34. The van der Waals surface area contributed by atoms with Crippen LogP contribution >= 0.6 is 0 Å². The molecule has 4 atom stereocenters. The molecule has 14 nitrogen and oxygen atoms in total. The predicted octanol–water partition coefficient (Wildman–Crippen LogP) is 4.09. The summed E-state index contributed by atoms with van der Waals surface area (Å²) in [6.07, 6.45) is 1.43. The number of fused-ring (bicyclic) bond motifs is 1. The first-order valence-electron chi connectivity index (χ1n) is 16.9. The van der Waals surface area contributed by atoms with Crippen molar-refractivity contribution < 1.29 is 23.9 Å². The summed E-state index contributed by atoms with van der Waals surface area (Å²) in [5.74, 6) is 1.56. The fourth-order valence-corrected chi connectivity index (χ4v) is 6.64. The van der Waals surface area contributed by atoms with E-state index in [9.17, 15) is 9.90 Å². The Morgan fingerprint density at radius 1 is 1.00 bits per heavy atom. The molecule has 14 heteroatoms. The second kappa shape index (κ2) is 15.1. The number of aliphatic hydroxyl groups excluding tert-OH is 1. The molecule has 0 amide bonds. The van der Waals surface area contributed by atoms with E-state index in [2.05, 4.69) is 49.9 Å². The Morgan fingerprint density at radius 3 is 2.41 bits per heavy atom. The van der Waals surface area contributed by atoms with Crippen LogP contribution in [0, 0.1) is 0 Å². The molecule has 5 aromatic rings. The number of carbonyl (C=O) groups is 1. The van der Waals surface area contributed by atoms with Crippen LogP contribution in [0.3, 0.4) is 0 Å². The maximum atomic E-state index is 11.6. The van der Waals surface area contributed by atoms with E-state index in [4.69, 9.17) is 28.9 Å². The van der Waals surface area contributed by atoms with Crippen molar-refractivity contribution in [2.24, 2.45) is 0 Å². The smallest absolute Gasteiger partial charge is 0.293 e. The van der Waals surface area contributed by atoms with Crippen molar-refractivity contribution in [2.45, 2.75) is 63.1 Å². The Kier molecular flexibility index (Phi) is 10.1. The average molecular weight is 668 g/mol. The zero-order chi connectivity index (χ0) is 33.6. The topological polar surface area (TPSA) is 166 Å². The highest BCUT2D eigenvalue weighted by Crippen LogP contribution is 2.41. The van der Waals surface area contributed by atoms with E-state index in [1.165, 1.54) is 19.3 Å². The van der Waals surface area contributed by atoms with E-state index in [-0.39, 0.29) is 11.7 Å². The third kappa shape index (κ3) is 7.12. The number of rotatable bonds is 14. The van der Waals surface area contributed by atoms with E-state index < -0.39 is 24.5 Å². The monoisotopic (exact) mass is 667 g/mol. The van der Waals surface area contributed by atoms with Gasteiger partial charge >= 0.3 is 0 Å². The van der Waals surface area contributed by atoms with Crippen LogP contribution in [0.15, 0.2) is 71.5 Å². The number of benzene rings is 2. The Morgan fingerprint density at radius 2 is 1.73 bits per heavy atom. The van der Waals surface area contributed by atoms with Crippen LogP contribution < -0.4 is 10.6 Å². The molecule has 0 aliphatic carbocycles. The molecule has 7 rings (SSSR count). The van der Waals surface area contributed by atoms with Gasteiger partial charge in [-0.05, 0) is 37.1 Å². The number of nitrogens with one attached hydrogen (secondary N) is 2. The van der Waals surface area contributed by atoms with Gasteiger partial charge in [0.25, 0.3) is 6.47 Å². The maximum absolute atomic E-state index is 11.6. The van der Waals surface area contributed by atoms with Crippen LogP contribution in [0.5, 0.6) is 0 Å². The average Bonchev–Trinajstić information content (AvgIpc) is 3.88. The van der Waals surface area contributed by atoms with Crippen LogP contribution in [0.2, 0.25) is 0 Å². The first-order chi connectivity index (χ1) is 24.1. The lowest BCUT2D eigenvalue weighted by atomic mass is 9.91. The number of aliphatic hydroxyl groups is 1. The van der Waals surface area contributed by atoms with Gasteiger partial charge in [-0.25, -0.2) is 4.98 Å². The summed E-state index contributed by atoms with van der Waals surface area (Å²) in [7, 11) is 0. The number of aromatic nitrogens is 6. The number of hydrogen-bond donors (Lipinski definition) is 3. The Labute approximate surface area is 283 Å². The molecule has 5 heterocycles. The molecule has 0 saturated carbocycles. The summed E-state index contributed by atoms with van der Waals surface area (Å²) in [6.45, 7) is 6.41. The Hall–Kier alpha value is -4.92. The molecule has 0 spiro atoms. The third-order valence-corrected chi connectivity index (χ3v) is 9.20. The highest BCUT2D eigenvalue weighted by atomic mass is 16.6. The second-order valence-corrected chi connectivity index (χ2v) is 12.3. The van der Waals surface area contributed by atoms with Crippen molar-refractivity contribution in [1.82, 2.24) is 34.6 Å². The number of carbonyl (C=O) groups excluding carboxylic acids is 1. The van der Waals surface area contributed by atoms with Crippen LogP contribution in [-0.4, -0.2) is 91.1 Å². The number of ether oxygens (including phenoxy) is 2. The zero-order valence-electron chi connectivity index (χ0n) is 27.4. The minimum atomic E-state index is -1.27. The summed E-state index contributed by atoms with van der Waals surface area (Å²) in [5, 5.41) is 22.2. The van der Waals surface area contributed by atoms with E-state index in [0.717, 1.165) is 30.8 Å². The van der Waals surface area contributed by atoms with Crippen LogP contribution in [0.1, 0.15) is 67.3 Å². The fraction of sp³-hybridized carbons (Fsp3) is 0.429. The molecule has 0 bridgehead atoms. The zero-order valence-corrected chi connectivity index (χ0v) is 27.4. The largest absolute Gasteiger partial charge is 0.457 e. The molecular formula is C35H41N9O5. The number of imidazole rings is 1. The van der Waals surface area contributed by atoms with Gasteiger partial charge in [-0.15, -0.1) is 0 Å². The highest BCUT2D eigenvalue weighted by molar-refractivity contribution is 5.84. The van der Waals surface area contributed by atoms with Crippen LogP contribution in [0.4, 0.5) is 11.8 Å². The van der Waals surface area contributed by atoms with Gasteiger partial charge in [0.2, 0.25) is 17.7 Å². The van der Waals surface area contributed by atoms with Gasteiger partial charge in [0.1, 0.15) is 6.10 Å². The number of aryl methyl sites for hydroxylation is 1.